The molecular weight excluding hydrogens is 412 g/mol. The van der Waals surface area contributed by atoms with Crippen LogP contribution in [0.5, 0.6) is 11.6 Å². The Labute approximate surface area is 187 Å². The van der Waals surface area contributed by atoms with Gasteiger partial charge in [-0.15, -0.1) is 0 Å². The van der Waals surface area contributed by atoms with Crippen LogP contribution < -0.4 is 9.64 Å². The molecule has 1 fully saturated rings. The normalized spacial score (nSPS) is 16.3. The number of piperazine rings is 1. The van der Waals surface area contributed by atoms with Crippen molar-refractivity contribution in [1.82, 2.24) is 14.9 Å². The molecule has 1 amide bonds. The second kappa shape index (κ2) is 9.79. The van der Waals surface area contributed by atoms with Gasteiger partial charge in [-0.25, -0.2) is 9.97 Å². The van der Waals surface area contributed by atoms with Crippen LogP contribution in [0.15, 0.2) is 67.0 Å². The van der Waals surface area contributed by atoms with Crippen LogP contribution >= 0.6 is 11.6 Å². The number of halogens is 1. The van der Waals surface area contributed by atoms with Crippen LogP contribution in [0.25, 0.3) is 0 Å². The second-order valence-corrected chi connectivity index (χ2v) is 8.02. The molecule has 4 rings (SSSR count). The zero-order valence-electron chi connectivity index (χ0n) is 17.4. The molecule has 1 aliphatic heterocycles. The predicted molar refractivity (Wildman–Crippen MR) is 122 cm³/mol. The number of nitrogens with zero attached hydrogens (tertiary/aromatic N) is 4. The second-order valence-electron chi connectivity index (χ2n) is 7.61. The Hall–Kier alpha value is -3.12. The molecule has 1 aliphatic rings. The van der Waals surface area contributed by atoms with Gasteiger partial charge >= 0.3 is 0 Å². The van der Waals surface area contributed by atoms with E-state index in [9.17, 15) is 4.79 Å². The lowest BCUT2D eigenvalue weighted by Crippen LogP contribution is -2.54. The van der Waals surface area contributed by atoms with Crippen molar-refractivity contribution in [2.75, 3.05) is 24.5 Å². The molecule has 1 unspecified atom stereocenters. The number of para-hydroxylation sites is 1. The first-order valence-electron chi connectivity index (χ1n) is 10.4. The Kier molecular flexibility index (Phi) is 6.67. The summed E-state index contributed by atoms with van der Waals surface area (Å²) < 4.78 is 5.83. The highest BCUT2D eigenvalue weighted by Gasteiger charge is 2.28. The maximum Gasteiger partial charge on any atom is 0.224 e. The van der Waals surface area contributed by atoms with E-state index < -0.39 is 0 Å². The van der Waals surface area contributed by atoms with Crippen LogP contribution in [-0.4, -0.2) is 46.5 Å². The Morgan fingerprint density at radius 1 is 1.10 bits per heavy atom. The maximum absolute atomic E-state index is 12.8. The van der Waals surface area contributed by atoms with E-state index in [-0.39, 0.29) is 11.9 Å². The van der Waals surface area contributed by atoms with Gasteiger partial charge in [0.15, 0.2) is 0 Å². The van der Waals surface area contributed by atoms with E-state index in [1.807, 2.05) is 41.3 Å². The van der Waals surface area contributed by atoms with Crippen molar-refractivity contribution in [3.05, 3.63) is 77.6 Å². The van der Waals surface area contributed by atoms with Crippen molar-refractivity contribution in [2.45, 2.75) is 25.8 Å². The molecular formula is C24H25ClN4O2. The van der Waals surface area contributed by atoms with Crippen molar-refractivity contribution < 1.29 is 9.53 Å². The number of carbonyl (C=O) groups is 1. The van der Waals surface area contributed by atoms with Crippen LogP contribution in [0.2, 0.25) is 5.02 Å². The van der Waals surface area contributed by atoms with Crippen LogP contribution in [0.3, 0.4) is 0 Å². The van der Waals surface area contributed by atoms with E-state index in [2.05, 4.69) is 33.9 Å². The Morgan fingerprint density at radius 2 is 1.87 bits per heavy atom. The largest absolute Gasteiger partial charge is 0.437 e. The van der Waals surface area contributed by atoms with E-state index in [0.29, 0.717) is 42.7 Å². The lowest BCUT2D eigenvalue weighted by Gasteiger charge is -2.40. The average molecular weight is 437 g/mol. The SMILES string of the molecule is CC1CN(c2cc(Oc3ccccc3Cl)ncn2)CCN1C(=O)CCc1ccccc1. The fourth-order valence-corrected chi connectivity index (χ4v) is 3.95. The van der Waals surface area contributed by atoms with Crippen molar-refractivity contribution in [3.63, 3.8) is 0 Å². The van der Waals surface area contributed by atoms with Gasteiger partial charge in [0.25, 0.3) is 0 Å². The number of rotatable bonds is 6. The molecule has 0 radical (unpaired) electrons. The minimum Gasteiger partial charge on any atom is -0.437 e. The number of anilines is 1. The summed E-state index contributed by atoms with van der Waals surface area (Å²) >= 11 is 6.18. The van der Waals surface area contributed by atoms with Gasteiger partial charge in [0.1, 0.15) is 17.9 Å². The fourth-order valence-electron chi connectivity index (χ4n) is 3.77. The number of hydrogen-bond acceptors (Lipinski definition) is 5. The first kappa shape index (κ1) is 21.1. The molecule has 160 valence electrons. The Morgan fingerprint density at radius 3 is 2.65 bits per heavy atom. The minimum absolute atomic E-state index is 0.0972. The molecule has 0 N–H and O–H groups in total. The number of aromatic nitrogens is 2. The third kappa shape index (κ3) is 5.33. The predicted octanol–water partition coefficient (Wildman–Crippen LogP) is 4.59. The molecule has 7 heteroatoms. The summed E-state index contributed by atoms with van der Waals surface area (Å²) in [6.07, 6.45) is 2.78. The minimum atomic E-state index is 0.0972. The molecule has 0 bridgehead atoms. The zero-order valence-corrected chi connectivity index (χ0v) is 18.2. The number of benzene rings is 2. The number of hydrogen-bond donors (Lipinski definition) is 0. The van der Waals surface area contributed by atoms with Gasteiger partial charge in [0.2, 0.25) is 11.8 Å². The maximum atomic E-state index is 12.8. The smallest absolute Gasteiger partial charge is 0.224 e. The molecule has 0 saturated carbocycles. The van der Waals surface area contributed by atoms with Crippen LogP contribution in [0.1, 0.15) is 18.9 Å². The zero-order chi connectivity index (χ0) is 21.6. The van der Waals surface area contributed by atoms with Crippen molar-refractivity contribution >= 4 is 23.3 Å². The van der Waals surface area contributed by atoms with Crippen LogP contribution in [-0.2, 0) is 11.2 Å². The number of aryl methyl sites for hydroxylation is 1. The summed E-state index contributed by atoms with van der Waals surface area (Å²) in [5, 5.41) is 0.527. The van der Waals surface area contributed by atoms with E-state index in [1.165, 1.54) is 11.9 Å². The third-order valence-corrected chi connectivity index (χ3v) is 5.73. The number of amides is 1. The summed E-state index contributed by atoms with van der Waals surface area (Å²) in [7, 11) is 0. The fraction of sp³-hybridized carbons (Fsp3) is 0.292. The van der Waals surface area contributed by atoms with E-state index in [4.69, 9.17) is 16.3 Å². The van der Waals surface area contributed by atoms with E-state index >= 15 is 0 Å². The summed E-state index contributed by atoms with van der Waals surface area (Å²) in [5.74, 6) is 1.96. The van der Waals surface area contributed by atoms with Gasteiger partial charge in [0, 0.05) is 38.2 Å². The highest BCUT2D eigenvalue weighted by molar-refractivity contribution is 6.32. The monoisotopic (exact) mass is 436 g/mol. The van der Waals surface area contributed by atoms with E-state index in [1.54, 1.807) is 12.1 Å². The van der Waals surface area contributed by atoms with Gasteiger partial charge < -0.3 is 14.5 Å². The van der Waals surface area contributed by atoms with E-state index in [0.717, 1.165) is 12.2 Å². The third-order valence-electron chi connectivity index (χ3n) is 5.42. The Bertz CT molecular complexity index is 1030. The van der Waals surface area contributed by atoms with Gasteiger partial charge in [0.05, 0.1) is 5.02 Å². The molecule has 1 atom stereocenters. The quantitative estimate of drug-likeness (QED) is 0.565. The van der Waals surface area contributed by atoms with Gasteiger partial charge in [-0.3, -0.25) is 4.79 Å². The van der Waals surface area contributed by atoms with Crippen molar-refractivity contribution in [2.24, 2.45) is 0 Å². The van der Waals surface area contributed by atoms with Crippen LogP contribution in [0.4, 0.5) is 5.82 Å². The highest BCUT2D eigenvalue weighted by atomic mass is 35.5. The van der Waals surface area contributed by atoms with Gasteiger partial charge in [-0.2, -0.15) is 0 Å². The van der Waals surface area contributed by atoms with Crippen molar-refractivity contribution in [1.29, 1.82) is 0 Å². The molecule has 2 heterocycles. The standard InChI is InChI=1S/C24H25ClN4O2/c1-18-16-28(13-14-29(18)24(30)12-11-19-7-3-2-4-8-19)22-15-23(27-17-26-22)31-21-10-6-5-9-20(21)25/h2-10,15,17-18H,11-14,16H2,1H3. The topological polar surface area (TPSA) is 58.6 Å². The highest BCUT2D eigenvalue weighted by Crippen LogP contribution is 2.29. The average Bonchev–Trinajstić information content (AvgIpc) is 2.80. The molecule has 31 heavy (non-hydrogen) atoms. The van der Waals surface area contributed by atoms with Gasteiger partial charge in [-0.1, -0.05) is 54.1 Å². The Balaban J connectivity index is 1.36. The molecule has 0 aliphatic carbocycles. The molecule has 1 aromatic heterocycles. The lowest BCUT2D eigenvalue weighted by atomic mass is 10.1. The summed E-state index contributed by atoms with van der Waals surface area (Å²) in [6, 6.07) is 19.3. The van der Waals surface area contributed by atoms with Crippen molar-refractivity contribution in [3.8, 4) is 11.6 Å². The summed E-state index contributed by atoms with van der Waals surface area (Å²) in [5.41, 5.74) is 1.19. The molecule has 3 aromatic rings. The first-order valence-corrected chi connectivity index (χ1v) is 10.8. The number of carbonyl (C=O) groups excluding carboxylic acids is 1. The molecule has 1 saturated heterocycles. The lowest BCUT2D eigenvalue weighted by molar-refractivity contribution is -0.133. The summed E-state index contributed by atoms with van der Waals surface area (Å²) in [6.45, 7) is 4.16. The van der Waals surface area contributed by atoms with Gasteiger partial charge in [-0.05, 0) is 31.0 Å². The van der Waals surface area contributed by atoms with Crippen LogP contribution in [0, 0.1) is 0 Å². The summed E-state index contributed by atoms with van der Waals surface area (Å²) in [4.78, 5) is 25.5. The molecule has 0 spiro atoms. The number of ether oxygens (including phenoxy) is 1. The molecule has 2 aromatic carbocycles. The first-order chi connectivity index (χ1) is 15.1. The molecule has 6 nitrogen and oxygen atoms in total.